The lowest BCUT2D eigenvalue weighted by atomic mass is 9.95. The molecule has 1 aliphatic rings. The zero-order valence-corrected chi connectivity index (χ0v) is 8.96. The van der Waals surface area contributed by atoms with Gasteiger partial charge in [0.05, 0.1) is 5.92 Å². The molecule has 0 amide bonds. The van der Waals surface area contributed by atoms with Gasteiger partial charge in [0.1, 0.15) is 0 Å². The third kappa shape index (κ3) is 1.88. The molecule has 0 radical (unpaired) electrons. The molecule has 13 heavy (non-hydrogen) atoms. The van der Waals surface area contributed by atoms with Crippen LogP contribution in [0.4, 0.5) is 0 Å². The van der Waals surface area contributed by atoms with Gasteiger partial charge in [-0.1, -0.05) is 37.1 Å². The largest absolute Gasteiger partial charge is 0.119 e. The van der Waals surface area contributed by atoms with Crippen molar-refractivity contribution in [3.63, 3.8) is 0 Å². The highest BCUT2D eigenvalue weighted by atomic mass is 28.2. The van der Waals surface area contributed by atoms with Crippen LogP contribution >= 0.6 is 0 Å². The van der Waals surface area contributed by atoms with Gasteiger partial charge in [0.25, 0.3) is 0 Å². The van der Waals surface area contributed by atoms with Crippen LogP contribution in [-0.4, -0.2) is 13.6 Å². The molecule has 0 fully saturated rings. The van der Waals surface area contributed by atoms with Gasteiger partial charge in [-0.15, -0.1) is 12.8 Å². The van der Waals surface area contributed by atoms with Crippen LogP contribution in [0.25, 0.3) is 0 Å². The molecule has 1 rings (SSSR count). The maximum Gasteiger partial charge on any atom is 0.0601 e. The summed E-state index contributed by atoms with van der Waals surface area (Å²) in [6.07, 6.45) is 16.8. The molecule has 0 aromatic carbocycles. The maximum atomic E-state index is 5.45. The van der Waals surface area contributed by atoms with Crippen molar-refractivity contribution in [1.29, 1.82) is 0 Å². The molecule has 0 saturated carbocycles. The molecule has 1 atom stereocenters. The van der Waals surface area contributed by atoms with Crippen molar-refractivity contribution in [1.82, 2.24) is 0 Å². The lowest BCUT2D eigenvalue weighted by molar-refractivity contribution is 1.20. The van der Waals surface area contributed by atoms with Crippen LogP contribution in [0.5, 0.6) is 0 Å². The molecule has 0 N–H and O–H groups in total. The summed E-state index contributed by atoms with van der Waals surface area (Å²) >= 11 is 0. The Hall–Kier alpha value is -1.31. The zero-order chi connectivity index (χ0) is 9.84. The van der Waals surface area contributed by atoms with Gasteiger partial charge in [0, 0.05) is 14.0 Å². The van der Waals surface area contributed by atoms with Crippen LogP contribution in [-0.2, 0) is 0 Å². The van der Waals surface area contributed by atoms with Gasteiger partial charge in [0.2, 0.25) is 0 Å². The minimum Gasteiger partial charge on any atom is -0.119 e. The summed E-state index contributed by atoms with van der Waals surface area (Å²) in [4.78, 5) is 0. The van der Waals surface area contributed by atoms with Crippen molar-refractivity contribution in [2.45, 2.75) is 13.1 Å². The van der Waals surface area contributed by atoms with Crippen LogP contribution in [0.1, 0.15) is 0 Å². The van der Waals surface area contributed by atoms with Crippen molar-refractivity contribution in [3.8, 4) is 24.7 Å². The van der Waals surface area contributed by atoms with Crippen molar-refractivity contribution >= 4 is 13.6 Å². The molecule has 0 heterocycles. The van der Waals surface area contributed by atoms with E-state index in [4.69, 9.17) is 12.8 Å². The van der Waals surface area contributed by atoms with E-state index >= 15 is 0 Å². The minimum absolute atomic E-state index is 0.125. The molecule has 1 aliphatic carbocycles. The van der Waals surface area contributed by atoms with Gasteiger partial charge >= 0.3 is 0 Å². The second-order valence-corrected chi connectivity index (χ2v) is 5.71. The Bertz CT molecular complexity index is 376. The Morgan fingerprint density at radius 3 is 2.54 bits per heavy atom. The third-order valence-corrected chi connectivity index (χ3v) is 3.70. The molecule has 0 spiro atoms. The second-order valence-electron chi connectivity index (χ2n) is 3.17. The molecule has 0 aromatic rings. The molecule has 0 aromatic heterocycles. The molecule has 1 unspecified atom stereocenters. The van der Waals surface area contributed by atoms with E-state index < -0.39 is 8.41 Å². The van der Waals surface area contributed by atoms with Gasteiger partial charge < -0.3 is 0 Å². The molecular weight excluding hydrogens is 172 g/mol. The average Bonchev–Trinajstić information content (AvgIpc) is 2.16. The van der Waals surface area contributed by atoms with Crippen LogP contribution < -0.4 is 0 Å². The predicted molar refractivity (Wildman–Crippen MR) is 60.9 cm³/mol. The van der Waals surface area contributed by atoms with E-state index in [1.807, 2.05) is 18.2 Å². The SMILES string of the molecule is C#CC1=CC=CC(C#C)C1=[Si](C)C. The summed E-state index contributed by atoms with van der Waals surface area (Å²) in [5, 5.41) is 1.29. The van der Waals surface area contributed by atoms with E-state index in [9.17, 15) is 0 Å². The first-order chi connectivity index (χ1) is 6.20. The number of terminal acetylenes is 2. The predicted octanol–water partition coefficient (Wildman–Crippen LogP) is 1.87. The fourth-order valence-electron chi connectivity index (χ4n) is 1.46. The second kappa shape index (κ2) is 4.08. The summed E-state index contributed by atoms with van der Waals surface area (Å²) in [5.41, 5.74) is 0.990. The van der Waals surface area contributed by atoms with E-state index in [2.05, 4.69) is 24.9 Å². The molecule has 0 nitrogen and oxygen atoms in total. The first-order valence-electron chi connectivity index (χ1n) is 4.19. The normalized spacial score (nSPS) is 20.2. The lowest BCUT2D eigenvalue weighted by Gasteiger charge is -2.16. The van der Waals surface area contributed by atoms with Gasteiger partial charge in [-0.25, -0.2) is 0 Å². The molecule has 0 saturated heterocycles. The number of hydrogen-bond acceptors (Lipinski definition) is 0. The van der Waals surface area contributed by atoms with E-state index in [1.54, 1.807) is 0 Å². The highest BCUT2D eigenvalue weighted by molar-refractivity contribution is 6.73. The summed E-state index contributed by atoms with van der Waals surface area (Å²) in [6.45, 7) is 4.43. The van der Waals surface area contributed by atoms with Crippen molar-refractivity contribution in [2.24, 2.45) is 5.92 Å². The van der Waals surface area contributed by atoms with Gasteiger partial charge in [-0.05, 0) is 11.2 Å². The number of rotatable bonds is 0. The summed E-state index contributed by atoms with van der Waals surface area (Å²) in [6, 6.07) is 0. The van der Waals surface area contributed by atoms with E-state index in [1.165, 1.54) is 5.17 Å². The van der Waals surface area contributed by atoms with Gasteiger partial charge in [-0.3, -0.25) is 0 Å². The molecule has 0 aliphatic heterocycles. The maximum absolute atomic E-state index is 5.45. The quantitative estimate of drug-likeness (QED) is 0.398. The van der Waals surface area contributed by atoms with Crippen molar-refractivity contribution in [2.75, 3.05) is 0 Å². The van der Waals surface area contributed by atoms with Gasteiger partial charge in [-0.2, -0.15) is 0 Å². The van der Waals surface area contributed by atoms with E-state index in [0.29, 0.717) is 0 Å². The smallest absolute Gasteiger partial charge is 0.0601 e. The minimum atomic E-state index is -0.544. The van der Waals surface area contributed by atoms with E-state index in [-0.39, 0.29) is 5.92 Å². The molecule has 1 heteroatoms. The summed E-state index contributed by atoms with van der Waals surface area (Å²) in [7, 11) is -0.544. The molecular formula is C12H12Si. The summed E-state index contributed by atoms with van der Waals surface area (Å²) < 4.78 is 0. The van der Waals surface area contributed by atoms with Crippen LogP contribution in [0.3, 0.4) is 0 Å². The average molecular weight is 184 g/mol. The van der Waals surface area contributed by atoms with Crippen LogP contribution in [0.2, 0.25) is 13.1 Å². The molecule has 64 valence electrons. The first kappa shape index (κ1) is 9.77. The summed E-state index contributed by atoms with van der Waals surface area (Å²) in [5.74, 6) is 5.59. The Morgan fingerprint density at radius 2 is 2.08 bits per heavy atom. The topological polar surface area (TPSA) is 0 Å². The Labute approximate surface area is 81.6 Å². The first-order valence-corrected chi connectivity index (χ1v) is 6.69. The molecule has 0 bridgehead atoms. The third-order valence-electron chi connectivity index (χ3n) is 2.04. The van der Waals surface area contributed by atoms with Crippen molar-refractivity contribution in [3.05, 3.63) is 23.8 Å². The zero-order valence-electron chi connectivity index (χ0n) is 7.96. The standard InChI is InChI=1S/C12H12Si/c1-5-10-8-7-9-11(6-2)12(10)13(3)4/h1-2,7-10H,3-4H3. The lowest BCUT2D eigenvalue weighted by Crippen LogP contribution is -2.22. The van der Waals surface area contributed by atoms with Crippen LogP contribution in [0.15, 0.2) is 23.8 Å². The highest BCUT2D eigenvalue weighted by Crippen LogP contribution is 2.14. The Morgan fingerprint density at radius 1 is 1.38 bits per heavy atom. The Kier molecular flexibility index (Phi) is 3.06. The van der Waals surface area contributed by atoms with Crippen molar-refractivity contribution < 1.29 is 0 Å². The highest BCUT2D eigenvalue weighted by Gasteiger charge is 2.15. The monoisotopic (exact) mass is 184 g/mol. The van der Waals surface area contributed by atoms with Crippen LogP contribution in [0, 0.1) is 30.6 Å². The number of hydrogen-bond donors (Lipinski definition) is 0. The van der Waals surface area contributed by atoms with Gasteiger partial charge in [0.15, 0.2) is 0 Å². The fourth-order valence-corrected chi connectivity index (χ4v) is 2.96. The fraction of sp³-hybridized carbons (Fsp3) is 0.250. The Balaban J connectivity index is 3.24. The van der Waals surface area contributed by atoms with E-state index in [0.717, 1.165) is 5.57 Å². The number of allylic oxidation sites excluding steroid dienone is 4.